The zero-order chi connectivity index (χ0) is 20.6. The lowest BCUT2D eigenvalue weighted by Gasteiger charge is -2.39. The lowest BCUT2D eigenvalue weighted by Crippen LogP contribution is -2.47. The number of likely N-dealkylation sites (tertiary alicyclic amines) is 1. The smallest absolute Gasteiger partial charge is 0.119 e. The van der Waals surface area contributed by atoms with Gasteiger partial charge in [0, 0.05) is 38.1 Å². The predicted molar refractivity (Wildman–Crippen MR) is 124 cm³/mol. The van der Waals surface area contributed by atoms with Crippen LogP contribution < -0.4 is 10.1 Å². The van der Waals surface area contributed by atoms with E-state index in [1.165, 1.54) is 16.7 Å². The van der Waals surface area contributed by atoms with Gasteiger partial charge in [0.1, 0.15) is 5.75 Å². The molecule has 1 aliphatic heterocycles. The Morgan fingerprint density at radius 3 is 2.20 bits per heavy atom. The molecule has 0 bridgehead atoms. The van der Waals surface area contributed by atoms with Crippen LogP contribution in [0, 0.1) is 0 Å². The van der Waals surface area contributed by atoms with Crippen LogP contribution in [-0.2, 0) is 13.1 Å². The average Bonchev–Trinajstić information content (AvgIpc) is 2.80. The topological polar surface area (TPSA) is 24.5 Å². The Kier molecular flexibility index (Phi) is 7.17. The van der Waals surface area contributed by atoms with Crippen molar-refractivity contribution in [1.29, 1.82) is 0 Å². The Bertz CT molecular complexity index is 880. The number of rotatable bonds is 8. The molecule has 3 nitrogen and oxygen atoms in total. The highest BCUT2D eigenvalue weighted by molar-refractivity contribution is 5.31. The SMILES string of the molecule is CCOc1ccc([C@H]2CN(Cc3ccccc3)CC[C@H]2NCc2ccccc2)cc1. The highest BCUT2D eigenvalue weighted by atomic mass is 16.5. The van der Waals surface area contributed by atoms with Gasteiger partial charge < -0.3 is 10.1 Å². The number of benzene rings is 3. The molecule has 156 valence electrons. The summed E-state index contributed by atoms with van der Waals surface area (Å²) in [5.74, 6) is 1.41. The molecule has 1 heterocycles. The van der Waals surface area contributed by atoms with E-state index in [0.29, 0.717) is 18.6 Å². The van der Waals surface area contributed by atoms with E-state index >= 15 is 0 Å². The highest BCUT2D eigenvalue weighted by Gasteiger charge is 2.30. The summed E-state index contributed by atoms with van der Waals surface area (Å²) < 4.78 is 5.65. The Morgan fingerprint density at radius 2 is 1.53 bits per heavy atom. The molecule has 4 rings (SSSR count). The molecule has 0 aliphatic carbocycles. The molecule has 0 unspecified atom stereocenters. The zero-order valence-corrected chi connectivity index (χ0v) is 17.8. The van der Waals surface area contributed by atoms with Gasteiger partial charge in [0.25, 0.3) is 0 Å². The molecule has 1 N–H and O–H groups in total. The third kappa shape index (κ3) is 5.50. The average molecular weight is 401 g/mol. The van der Waals surface area contributed by atoms with Gasteiger partial charge in [-0.2, -0.15) is 0 Å². The Hall–Kier alpha value is -2.62. The van der Waals surface area contributed by atoms with Crippen LogP contribution in [0.25, 0.3) is 0 Å². The number of nitrogens with zero attached hydrogens (tertiary/aromatic N) is 1. The van der Waals surface area contributed by atoms with Crippen molar-refractivity contribution in [1.82, 2.24) is 10.2 Å². The van der Waals surface area contributed by atoms with Gasteiger partial charge in [0.15, 0.2) is 0 Å². The third-order valence-electron chi connectivity index (χ3n) is 5.98. The van der Waals surface area contributed by atoms with Gasteiger partial charge in [-0.05, 0) is 42.2 Å². The fraction of sp³-hybridized carbons (Fsp3) is 0.333. The van der Waals surface area contributed by atoms with Gasteiger partial charge in [-0.25, -0.2) is 0 Å². The maximum absolute atomic E-state index is 5.65. The summed E-state index contributed by atoms with van der Waals surface area (Å²) in [4.78, 5) is 2.59. The zero-order valence-electron chi connectivity index (χ0n) is 17.8. The van der Waals surface area contributed by atoms with Crippen LogP contribution in [0.4, 0.5) is 0 Å². The summed E-state index contributed by atoms with van der Waals surface area (Å²) in [7, 11) is 0. The summed E-state index contributed by atoms with van der Waals surface area (Å²) in [6.45, 7) is 6.84. The van der Waals surface area contributed by atoms with Crippen LogP contribution in [0.1, 0.15) is 36.0 Å². The van der Waals surface area contributed by atoms with Gasteiger partial charge >= 0.3 is 0 Å². The largest absolute Gasteiger partial charge is 0.494 e. The fourth-order valence-electron chi connectivity index (χ4n) is 4.41. The van der Waals surface area contributed by atoms with Gasteiger partial charge in [-0.15, -0.1) is 0 Å². The van der Waals surface area contributed by atoms with E-state index in [2.05, 4.69) is 95.1 Å². The van der Waals surface area contributed by atoms with Crippen LogP contribution in [0.15, 0.2) is 84.9 Å². The van der Waals surface area contributed by atoms with Crippen LogP contribution in [-0.4, -0.2) is 30.6 Å². The van der Waals surface area contributed by atoms with E-state index in [0.717, 1.165) is 38.3 Å². The quantitative estimate of drug-likeness (QED) is 0.560. The lowest BCUT2D eigenvalue weighted by molar-refractivity contribution is 0.166. The highest BCUT2D eigenvalue weighted by Crippen LogP contribution is 2.30. The molecule has 0 radical (unpaired) electrons. The minimum atomic E-state index is 0.460. The first-order chi connectivity index (χ1) is 14.8. The predicted octanol–water partition coefficient (Wildman–Crippen LogP) is 5.23. The number of piperidine rings is 1. The normalized spacial score (nSPS) is 19.5. The first-order valence-corrected chi connectivity index (χ1v) is 11.1. The van der Waals surface area contributed by atoms with Crippen molar-refractivity contribution >= 4 is 0 Å². The summed E-state index contributed by atoms with van der Waals surface area (Å²) in [6, 6.07) is 30.7. The molecule has 3 aromatic carbocycles. The molecule has 0 spiro atoms. The van der Waals surface area contributed by atoms with Crippen LogP contribution in [0.3, 0.4) is 0 Å². The second-order valence-electron chi connectivity index (χ2n) is 8.09. The van der Waals surface area contributed by atoms with E-state index in [9.17, 15) is 0 Å². The first-order valence-electron chi connectivity index (χ1n) is 11.1. The summed E-state index contributed by atoms with van der Waals surface area (Å²) in [6.07, 6.45) is 1.15. The number of ether oxygens (including phenoxy) is 1. The van der Waals surface area contributed by atoms with Crippen LogP contribution in [0.2, 0.25) is 0 Å². The summed E-state index contributed by atoms with van der Waals surface area (Å²) in [5.41, 5.74) is 4.12. The molecule has 1 saturated heterocycles. The van der Waals surface area contributed by atoms with Crippen molar-refractivity contribution < 1.29 is 4.74 Å². The molecular weight excluding hydrogens is 368 g/mol. The third-order valence-corrected chi connectivity index (χ3v) is 5.98. The van der Waals surface area contributed by atoms with Crippen LogP contribution in [0.5, 0.6) is 5.75 Å². The molecule has 30 heavy (non-hydrogen) atoms. The molecule has 0 amide bonds. The van der Waals surface area contributed by atoms with Crippen molar-refractivity contribution in [2.75, 3.05) is 19.7 Å². The Morgan fingerprint density at radius 1 is 0.867 bits per heavy atom. The first kappa shape index (κ1) is 20.6. The van der Waals surface area contributed by atoms with Crippen molar-refractivity contribution in [3.63, 3.8) is 0 Å². The monoisotopic (exact) mass is 400 g/mol. The van der Waals surface area contributed by atoms with E-state index in [1.807, 2.05) is 6.92 Å². The van der Waals surface area contributed by atoms with Gasteiger partial charge in [0.05, 0.1) is 6.61 Å². The van der Waals surface area contributed by atoms with Crippen LogP contribution >= 0.6 is 0 Å². The van der Waals surface area contributed by atoms with Crippen molar-refractivity contribution in [2.45, 2.75) is 38.4 Å². The lowest BCUT2D eigenvalue weighted by atomic mass is 9.85. The molecular formula is C27H32N2O. The summed E-state index contributed by atoms with van der Waals surface area (Å²) >= 11 is 0. The maximum Gasteiger partial charge on any atom is 0.119 e. The van der Waals surface area contributed by atoms with Gasteiger partial charge in [0.2, 0.25) is 0 Å². The molecule has 2 atom stereocenters. The van der Waals surface area contributed by atoms with E-state index in [4.69, 9.17) is 4.74 Å². The molecule has 0 aromatic heterocycles. The van der Waals surface area contributed by atoms with Gasteiger partial charge in [-0.1, -0.05) is 72.8 Å². The summed E-state index contributed by atoms with van der Waals surface area (Å²) in [5, 5.41) is 3.85. The Labute approximate surface area is 180 Å². The van der Waals surface area contributed by atoms with Crippen molar-refractivity contribution in [2.24, 2.45) is 0 Å². The fourth-order valence-corrected chi connectivity index (χ4v) is 4.41. The minimum absolute atomic E-state index is 0.460. The van der Waals surface area contributed by atoms with E-state index in [-0.39, 0.29) is 0 Å². The standard InChI is InChI=1S/C27H32N2O/c1-2-30-25-15-13-24(14-16-25)26-21-29(20-23-11-7-4-8-12-23)18-17-27(26)28-19-22-9-5-3-6-10-22/h3-16,26-28H,2,17-21H2,1H3/t26-,27-/m1/s1. The number of hydrogen-bond donors (Lipinski definition) is 1. The second-order valence-corrected chi connectivity index (χ2v) is 8.09. The number of nitrogens with one attached hydrogen (secondary N) is 1. The van der Waals surface area contributed by atoms with E-state index < -0.39 is 0 Å². The molecule has 1 aliphatic rings. The molecule has 0 saturated carbocycles. The minimum Gasteiger partial charge on any atom is -0.494 e. The maximum atomic E-state index is 5.65. The van der Waals surface area contributed by atoms with Crippen molar-refractivity contribution in [3.8, 4) is 5.75 Å². The molecule has 3 heteroatoms. The second kappa shape index (κ2) is 10.4. The Balaban J connectivity index is 1.48. The molecule has 3 aromatic rings. The van der Waals surface area contributed by atoms with Gasteiger partial charge in [-0.3, -0.25) is 4.90 Å². The van der Waals surface area contributed by atoms with E-state index in [1.54, 1.807) is 0 Å². The molecule has 1 fully saturated rings. The number of hydrogen-bond acceptors (Lipinski definition) is 3. The van der Waals surface area contributed by atoms with Crippen molar-refractivity contribution in [3.05, 3.63) is 102 Å².